The highest BCUT2D eigenvalue weighted by molar-refractivity contribution is 5.66. The van der Waals surface area contributed by atoms with Gasteiger partial charge in [0.25, 0.3) is 0 Å². The van der Waals surface area contributed by atoms with Crippen molar-refractivity contribution in [1.29, 1.82) is 0 Å². The van der Waals surface area contributed by atoms with E-state index in [9.17, 15) is 0 Å². The highest BCUT2D eigenvalue weighted by atomic mass is 16.5. The minimum absolute atomic E-state index is 0.111. The standard InChI is InChI=1S/C19H22N6O/c1-13-12-20-14(2)19-22-16(23-25(13)19)10-9-15-6-4-7-17(21-15)24-11-5-8-18(24)26-3/h4,6-7,9-10,12,18H,5,8,11H2,1-3H3/b10-9+. The van der Waals surface area contributed by atoms with E-state index in [0.29, 0.717) is 5.82 Å². The molecule has 7 nitrogen and oxygen atoms in total. The molecule has 1 aliphatic heterocycles. The van der Waals surface area contributed by atoms with E-state index in [1.807, 2.05) is 48.7 Å². The summed E-state index contributed by atoms with van der Waals surface area (Å²) in [6, 6.07) is 6.02. The van der Waals surface area contributed by atoms with Gasteiger partial charge in [0.15, 0.2) is 11.5 Å². The molecule has 1 fully saturated rings. The van der Waals surface area contributed by atoms with Crippen LogP contribution in [0.15, 0.2) is 24.4 Å². The van der Waals surface area contributed by atoms with E-state index in [1.165, 1.54) is 0 Å². The number of anilines is 1. The summed E-state index contributed by atoms with van der Waals surface area (Å²) in [6.45, 7) is 4.87. The number of hydrogen-bond acceptors (Lipinski definition) is 6. The number of fused-ring (bicyclic) bond motifs is 1. The number of aromatic nitrogens is 5. The maximum Gasteiger partial charge on any atom is 0.177 e. The van der Waals surface area contributed by atoms with Crippen molar-refractivity contribution < 1.29 is 4.74 Å². The minimum Gasteiger partial charge on any atom is -0.362 e. The van der Waals surface area contributed by atoms with Crippen molar-refractivity contribution in [3.05, 3.63) is 47.3 Å². The summed E-state index contributed by atoms with van der Waals surface area (Å²) in [7, 11) is 1.75. The highest BCUT2D eigenvalue weighted by Crippen LogP contribution is 2.24. The third-order valence-corrected chi connectivity index (χ3v) is 4.65. The lowest BCUT2D eigenvalue weighted by Crippen LogP contribution is -2.31. The van der Waals surface area contributed by atoms with Crippen molar-refractivity contribution in [2.75, 3.05) is 18.6 Å². The van der Waals surface area contributed by atoms with E-state index >= 15 is 0 Å². The van der Waals surface area contributed by atoms with Gasteiger partial charge in [-0.2, -0.15) is 0 Å². The topological polar surface area (TPSA) is 68.4 Å². The molecule has 1 unspecified atom stereocenters. The second-order valence-corrected chi connectivity index (χ2v) is 6.47. The van der Waals surface area contributed by atoms with Crippen LogP contribution in [0.5, 0.6) is 0 Å². The Kier molecular flexibility index (Phi) is 4.38. The lowest BCUT2D eigenvalue weighted by molar-refractivity contribution is 0.111. The zero-order chi connectivity index (χ0) is 18.1. The molecule has 3 aromatic rings. The Morgan fingerprint density at radius 3 is 2.88 bits per heavy atom. The van der Waals surface area contributed by atoms with Crippen LogP contribution in [-0.4, -0.2) is 44.4 Å². The van der Waals surface area contributed by atoms with Crippen molar-refractivity contribution in [2.45, 2.75) is 32.9 Å². The van der Waals surface area contributed by atoms with E-state index < -0.39 is 0 Å². The molecule has 1 saturated heterocycles. The molecule has 1 atom stereocenters. The number of hydrogen-bond donors (Lipinski definition) is 0. The molecule has 134 valence electrons. The van der Waals surface area contributed by atoms with E-state index in [0.717, 1.165) is 47.9 Å². The molecule has 7 heteroatoms. The minimum atomic E-state index is 0.111. The summed E-state index contributed by atoms with van der Waals surface area (Å²) in [5.74, 6) is 1.59. The predicted molar refractivity (Wildman–Crippen MR) is 101 cm³/mol. The number of ether oxygens (including phenoxy) is 1. The normalized spacial score (nSPS) is 17.7. The van der Waals surface area contributed by atoms with Crippen LogP contribution in [0, 0.1) is 13.8 Å². The van der Waals surface area contributed by atoms with Crippen LogP contribution in [0.3, 0.4) is 0 Å². The van der Waals surface area contributed by atoms with Gasteiger partial charge in [-0.25, -0.2) is 14.5 Å². The lowest BCUT2D eigenvalue weighted by Gasteiger charge is -2.24. The van der Waals surface area contributed by atoms with E-state index in [-0.39, 0.29) is 6.23 Å². The molecular weight excluding hydrogens is 328 g/mol. The van der Waals surface area contributed by atoms with Crippen LogP contribution in [0.25, 0.3) is 17.8 Å². The van der Waals surface area contributed by atoms with Gasteiger partial charge in [0.1, 0.15) is 12.0 Å². The summed E-state index contributed by atoms with van der Waals surface area (Å²) in [6.07, 6.45) is 7.90. The van der Waals surface area contributed by atoms with Crippen molar-refractivity contribution in [3.8, 4) is 0 Å². The van der Waals surface area contributed by atoms with Crippen LogP contribution in [0.4, 0.5) is 5.82 Å². The lowest BCUT2D eigenvalue weighted by atomic mass is 10.3. The van der Waals surface area contributed by atoms with Gasteiger partial charge in [0.2, 0.25) is 0 Å². The summed E-state index contributed by atoms with van der Waals surface area (Å²) in [5, 5.41) is 4.53. The number of methoxy groups -OCH3 is 1. The second kappa shape index (κ2) is 6.84. The van der Waals surface area contributed by atoms with E-state index in [1.54, 1.807) is 13.3 Å². The summed E-state index contributed by atoms with van der Waals surface area (Å²) in [5.41, 5.74) is 3.47. The number of rotatable bonds is 4. The van der Waals surface area contributed by atoms with Crippen LogP contribution in [0.2, 0.25) is 0 Å². The first-order chi connectivity index (χ1) is 12.7. The largest absolute Gasteiger partial charge is 0.362 e. The maximum absolute atomic E-state index is 5.54. The summed E-state index contributed by atoms with van der Waals surface area (Å²) < 4.78 is 7.36. The molecule has 0 bridgehead atoms. The van der Waals surface area contributed by atoms with E-state index in [2.05, 4.69) is 20.0 Å². The van der Waals surface area contributed by atoms with E-state index in [4.69, 9.17) is 9.72 Å². The zero-order valence-electron chi connectivity index (χ0n) is 15.3. The molecule has 26 heavy (non-hydrogen) atoms. The molecule has 0 aliphatic carbocycles. The van der Waals surface area contributed by atoms with Gasteiger partial charge in [0, 0.05) is 19.9 Å². The molecule has 0 spiro atoms. The van der Waals surface area contributed by atoms with Crippen LogP contribution < -0.4 is 4.90 Å². The summed E-state index contributed by atoms with van der Waals surface area (Å²) >= 11 is 0. The van der Waals surface area contributed by atoms with Crippen molar-refractivity contribution in [3.63, 3.8) is 0 Å². The Labute approximate surface area is 152 Å². The fourth-order valence-corrected chi connectivity index (χ4v) is 3.28. The van der Waals surface area contributed by atoms with Gasteiger partial charge in [0.05, 0.1) is 17.1 Å². The van der Waals surface area contributed by atoms with Gasteiger partial charge >= 0.3 is 0 Å². The van der Waals surface area contributed by atoms with Crippen molar-refractivity contribution in [2.24, 2.45) is 0 Å². The number of aryl methyl sites for hydroxylation is 2. The van der Waals surface area contributed by atoms with Gasteiger partial charge in [-0.15, -0.1) is 5.10 Å². The first-order valence-corrected chi connectivity index (χ1v) is 8.79. The molecule has 1 aliphatic rings. The average molecular weight is 350 g/mol. The third kappa shape index (κ3) is 3.06. The summed E-state index contributed by atoms with van der Waals surface area (Å²) in [4.78, 5) is 15.8. The van der Waals surface area contributed by atoms with Crippen LogP contribution >= 0.6 is 0 Å². The predicted octanol–water partition coefficient (Wildman–Crippen LogP) is 2.88. The van der Waals surface area contributed by atoms with Gasteiger partial charge in [-0.05, 0) is 51.0 Å². The monoisotopic (exact) mass is 350 g/mol. The smallest absolute Gasteiger partial charge is 0.177 e. The van der Waals surface area contributed by atoms with Crippen LogP contribution in [0.1, 0.15) is 35.7 Å². The molecule has 0 radical (unpaired) electrons. The van der Waals surface area contributed by atoms with Crippen molar-refractivity contribution in [1.82, 2.24) is 24.6 Å². The van der Waals surface area contributed by atoms with Gasteiger partial charge in [-0.1, -0.05) is 6.07 Å². The van der Waals surface area contributed by atoms with Crippen LogP contribution in [-0.2, 0) is 4.74 Å². The molecular formula is C19H22N6O. The number of nitrogens with zero attached hydrogens (tertiary/aromatic N) is 6. The Morgan fingerprint density at radius 1 is 1.19 bits per heavy atom. The maximum atomic E-state index is 5.54. The molecule has 0 aromatic carbocycles. The second-order valence-electron chi connectivity index (χ2n) is 6.47. The Balaban J connectivity index is 1.60. The fourth-order valence-electron chi connectivity index (χ4n) is 3.28. The first-order valence-electron chi connectivity index (χ1n) is 8.79. The third-order valence-electron chi connectivity index (χ3n) is 4.65. The molecule has 0 saturated carbocycles. The quantitative estimate of drug-likeness (QED) is 0.721. The zero-order valence-corrected chi connectivity index (χ0v) is 15.3. The molecule has 4 heterocycles. The first kappa shape index (κ1) is 16.7. The fraction of sp³-hybridized carbons (Fsp3) is 0.368. The van der Waals surface area contributed by atoms with Crippen molar-refractivity contribution >= 4 is 23.6 Å². The SMILES string of the molecule is COC1CCCN1c1cccc(/C=C/c2nc3c(C)ncc(C)n3n2)n1. The Morgan fingerprint density at radius 2 is 2.08 bits per heavy atom. The molecule has 0 amide bonds. The van der Waals surface area contributed by atoms with Gasteiger partial charge < -0.3 is 9.64 Å². The molecule has 3 aromatic heterocycles. The molecule has 0 N–H and O–H groups in total. The Bertz CT molecular complexity index is 925. The Hall–Kier alpha value is -2.80. The van der Waals surface area contributed by atoms with Gasteiger partial charge in [-0.3, -0.25) is 4.98 Å². The highest BCUT2D eigenvalue weighted by Gasteiger charge is 2.25. The number of pyridine rings is 1. The molecule has 4 rings (SSSR count). The average Bonchev–Trinajstić information content (AvgIpc) is 3.30.